The second-order valence-electron chi connectivity index (χ2n) is 4.45. The lowest BCUT2D eigenvalue weighted by molar-refractivity contribution is -0.131. The number of hydrogen-bond donors (Lipinski definition) is 2. The fourth-order valence-corrected chi connectivity index (χ4v) is 2.34. The lowest BCUT2D eigenvalue weighted by Crippen LogP contribution is -2.33. The van der Waals surface area contributed by atoms with E-state index in [9.17, 15) is 4.79 Å². The van der Waals surface area contributed by atoms with Crippen LogP contribution in [0.4, 0.5) is 0 Å². The van der Waals surface area contributed by atoms with Crippen molar-refractivity contribution < 1.29 is 9.90 Å². The van der Waals surface area contributed by atoms with Crippen molar-refractivity contribution in [2.75, 3.05) is 0 Å². The SMILES string of the molecule is CC1CC(C)CC(N/C=C/C(=O)O)C1. The lowest BCUT2D eigenvalue weighted by Gasteiger charge is -2.31. The van der Waals surface area contributed by atoms with Crippen LogP contribution in [0.25, 0.3) is 0 Å². The molecule has 1 aliphatic rings. The normalized spacial score (nSPS) is 33.1. The first kappa shape index (κ1) is 11.1. The Bertz CT molecular complexity index is 215. The van der Waals surface area contributed by atoms with Gasteiger partial charge in [0.05, 0.1) is 0 Å². The largest absolute Gasteiger partial charge is 0.478 e. The molecule has 2 N–H and O–H groups in total. The second kappa shape index (κ2) is 5.03. The third-order valence-corrected chi connectivity index (χ3v) is 2.74. The maximum atomic E-state index is 10.2. The van der Waals surface area contributed by atoms with Gasteiger partial charge in [-0.2, -0.15) is 0 Å². The number of carboxylic acids is 1. The third kappa shape index (κ3) is 3.81. The Morgan fingerprint density at radius 3 is 2.36 bits per heavy atom. The highest BCUT2D eigenvalue weighted by Gasteiger charge is 2.22. The molecule has 80 valence electrons. The van der Waals surface area contributed by atoms with Crippen molar-refractivity contribution in [1.29, 1.82) is 0 Å². The Labute approximate surface area is 85.2 Å². The molecule has 0 aromatic carbocycles. The molecule has 2 unspecified atom stereocenters. The van der Waals surface area contributed by atoms with Crippen molar-refractivity contribution in [2.24, 2.45) is 11.8 Å². The fraction of sp³-hybridized carbons (Fsp3) is 0.727. The summed E-state index contributed by atoms with van der Waals surface area (Å²) in [6.45, 7) is 4.51. The van der Waals surface area contributed by atoms with E-state index in [2.05, 4.69) is 19.2 Å². The van der Waals surface area contributed by atoms with Crippen LogP contribution in [0.1, 0.15) is 33.1 Å². The van der Waals surface area contributed by atoms with E-state index in [1.165, 1.54) is 6.42 Å². The zero-order valence-electron chi connectivity index (χ0n) is 8.86. The van der Waals surface area contributed by atoms with Gasteiger partial charge in [-0.25, -0.2) is 4.79 Å². The standard InChI is InChI=1S/C11H19NO2/c1-8-5-9(2)7-10(6-8)12-4-3-11(13)14/h3-4,8-10,12H,5-7H2,1-2H3,(H,13,14)/b4-3+. The van der Waals surface area contributed by atoms with Crippen LogP contribution in [-0.4, -0.2) is 17.1 Å². The highest BCUT2D eigenvalue weighted by atomic mass is 16.4. The molecule has 3 heteroatoms. The van der Waals surface area contributed by atoms with Gasteiger partial charge in [0, 0.05) is 18.3 Å². The van der Waals surface area contributed by atoms with Gasteiger partial charge in [0.2, 0.25) is 0 Å². The Morgan fingerprint density at radius 2 is 1.86 bits per heavy atom. The highest BCUT2D eigenvalue weighted by Crippen LogP contribution is 2.28. The lowest BCUT2D eigenvalue weighted by atomic mass is 9.80. The van der Waals surface area contributed by atoms with Gasteiger partial charge in [0.15, 0.2) is 0 Å². The molecule has 14 heavy (non-hydrogen) atoms. The van der Waals surface area contributed by atoms with Crippen molar-refractivity contribution in [3.8, 4) is 0 Å². The summed E-state index contributed by atoms with van der Waals surface area (Å²) in [5.41, 5.74) is 0. The molecule has 0 saturated heterocycles. The Kier molecular flexibility index (Phi) is 3.98. The van der Waals surface area contributed by atoms with Crippen molar-refractivity contribution in [2.45, 2.75) is 39.2 Å². The number of rotatable bonds is 3. The number of hydrogen-bond acceptors (Lipinski definition) is 2. The molecule has 0 aromatic heterocycles. The smallest absolute Gasteiger partial charge is 0.329 e. The predicted octanol–water partition coefficient (Wildman–Crippen LogP) is 2.00. The molecule has 1 saturated carbocycles. The van der Waals surface area contributed by atoms with Crippen LogP contribution < -0.4 is 5.32 Å². The van der Waals surface area contributed by atoms with Gasteiger partial charge in [0.1, 0.15) is 0 Å². The molecule has 0 radical (unpaired) electrons. The van der Waals surface area contributed by atoms with Gasteiger partial charge in [0.25, 0.3) is 0 Å². The monoisotopic (exact) mass is 197 g/mol. The van der Waals surface area contributed by atoms with Crippen molar-refractivity contribution in [3.05, 3.63) is 12.3 Å². The molecule has 2 atom stereocenters. The molecule has 0 aliphatic heterocycles. The Balaban J connectivity index is 2.33. The second-order valence-corrected chi connectivity index (χ2v) is 4.45. The van der Waals surface area contributed by atoms with Crippen molar-refractivity contribution >= 4 is 5.97 Å². The maximum absolute atomic E-state index is 10.2. The summed E-state index contributed by atoms with van der Waals surface area (Å²) >= 11 is 0. The minimum absolute atomic E-state index is 0.448. The maximum Gasteiger partial charge on any atom is 0.329 e. The molecule has 0 amide bonds. The topological polar surface area (TPSA) is 49.3 Å². The highest BCUT2D eigenvalue weighted by molar-refractivity contribution is 5.79. The average molecular weight is 197 g/mol. The third-order valence-electron chi connectivity index (χ3n) is 2.74. The van der Waals surface area contributed by atoms with E-state index in [1.54, 1.807) is 6.20 Å². The Morgan fingerprint density at radius 1 is 1.29 bits per heavy atom. The summed E-state index contributed by atoms with van der Waals surface area (Å²) in [5.74, 6) is 0.596. The van der Waals surface area contributed by atoms with Gasteiger partial charge < -0.3 is 10.4 Å². The number of carboxylic acid groups (broad SMARTS) is 1. The van der Waals surface area contributed by atoms with E-state index in [0.29, 0.717) is 6.04 Å². The zero-order valence-corrected chi connectivity index (χ0v) is 8.86. The van der Waals surface area contributed by atoms with Gasteiger partial charge in [-0.1, -0.05) is 13.8 Å². The predicted molar refractivity (Wildman–Crippen MR) is 55.9 cm³/mol. The molecule has 1 fully saturated rings. The summed E-state index contributed by atoms with van der Waals surface area (Å²) in [4.78, 5) is 10.2. The molecular weight excluding hydrogens is 178 g/mol. The summed E-state index contributed by atoms with van der Waals surface area (Å²) in [6.07, 6.45) is 6.30. The summed E-state index contributed by atoms with van der Waals surface area (Å²) in [7, 11) is 0. The van der Waals surface area contributed by atoms with Gasteiger partial charge >= 0.3 is 5.97 Å². The molecule has 0 spiro atoms. The molecule has 1 rings (SSSR count). The summed E-state index contributed by atoms with van der Waals surface area (Å²) in [6, 6.07) is 0.448. The van der Waals surface area contributed by atoms with E-state index in [1.807, 2.05) is 0 Å². The van der Waals surface area contributed by atoms with Crippen molar-refractivity contribution in [1.82, 2.24) is 5.32 Å². The van der Waals surface area contributed by atoms with E-state index < -0.39 is 5.97 Å². The first-order valence-corrected chi connectivity index (χ1v) is 5.23. The van der Waals surface area contributed by atoms with Crippen LogP contribution in [0.15, 0.2) is 12.3 Å². The Hall–Kier alpha value is -0.990. The van der Waals surface area contributed by atoms with E-state index in [4.69, 9.17) is 5.11 Å². The number of aliphatic carboxylic acids is 1. The summed E-state index contributed by atoms with van der Waals surface area (Å²) in [5, 5.41) is 11.6. The van der Waals surface area contributed by atoms with Crippen LogP contribution >= 0.6 is 0 Å². The molecule has 0 bridgehead atoms. The number of carbonyl (C=O) groups is 1. The molecule has 0 aromatic rings. The van der Waals surface area contributed by atoms with Crippen LogP contribution in [0.5, 0.6) is 0 Å². The van der Waals surface area contributed by atoms with E-state index >= 15 is 0 Å². The van der Waals surface area contributed by atoms with Crippen LogP contribution in [0, 0.1) is 11.8 Å². The van der Waals surface area contributed by atoms with Crippen LogP contribution in [-0.2, 0) is 4.79 Å². The first-order valence-electron chi connectivity index (χ1n) is 5.23. The average Bonchev–Trinajstić information content (AvgIpc) is 2.01. The molecule has 0 heterocycles. The van der Waals surface area contributed by atoms with Gasteiger partial charge in [-0.05, 0) is 31.1 Å². The summed E-state index contributed by atoms with van der Waals surface area (Å²) < 4.78 is 0. The van der Waals surface area contributed by atoms with E-state index in [-0.39, 0.29) is 0 Å². The first-order chi connectivity index (χ1) is 6.58. The van der Waals surface area contributed by atoms with Crippen LogP contribution in [0.3, 0.4) is 0 Å². The fourth-order valence-electron chi connectivity index (χ4n) is 2.34. The van der Waals surface area contributed by atoms with Gasteiger partial charge in [-0.3, -0.25) is 0 Å². The van der Waals surface area contributed by atoms with Crippen LogP contribution in [0.2, 0.25) is 0 Å². The molecular formula is C11H19NO2. The quantitative estimate of drug-likeness (QED) is 0.680. The minimum atomic E-state index is -0.894. The molecule has 1 aliphatic carbocycles. The molecule has 3 nitrogen and oxygen atoms in total. The van der Waals surface area contributed by atoms with Gasteiger partial charge in [-0.15, -0.1) is 0 Å². The van der Waals surface area contributed by atoms with Crippen molar-refractivity contribution in [3.63, 3.8) is 0 Å². The van der Waals surface area contributed by atoms with E-state index in [0.717, 1.165) is 30.8 Å². The zero-order chi connectivity index (χ0) is 10.6. The number of nitrogens with one attached hydrogen (secondary N) is 1. The minimum Gasteiger partial charge on any atom is -0.478 e.